The highest BCUT2D eigenvalue weighted by atomic mass is 16.1. The number of rotatable bonds is 3. The van der Waals surface area contributed by atoms with Gasteiger partial charge in [-0.2, -0.15) is 5.10 Å². The zero-order valence-corrected chi connectivity index (χ0v) is 12.4. The number of aromatic nitrogens is 2. The van der Waals surface area contributed by atoms with Crippen molar-refractivity contribution in [3.8, 4) is 0 Å². The van der Waals surface area contributed by atoms with Crippen LogP contribution in [-0.4, -0.2) is 22.2 Å². The van der Waals surface area contributed by atoms with Crippen molar-refractivity contribution < 1.29 is 4.79 Å². The van der Waals surface area contributed by atoms with Gasteiger partial charge in [-0.15, -0.1) is 0 Å². The van der Waals surface area contributed by atoms with Crippen LogP contribution < -0.4 is 10.6 Å². The largest absolute Gasteiger partial charge is 0.312 e. The van der Waals surface area contributed by atoms with E-state index in [0.717, 1.165) is 25.3 Å². The van der Waals surface area contributed by atoms with E-state index in [1.54, 1.807) is 10.9 Å². The summed E-state index contributed by atoms with van der Waals surface area (Å²) in [5.41, 5.74) is 3.23. The van der Waals surface area contributed by atoms with Crippen molar-refractivity contribution in [2.24, 2.45) is 0 Å². The summed E-state index contributed by atoms with van der Waals surface area (Å²) >= 11 is 0. The molecule has 0 saturated heterocycles. The quantitative estimate of drug-likeness (QED) is 0.909. The highest BCUT2D eigenvalue weighted by Crippen LogP contribution is 2.18. The molecule has 1 aromatic heterocycles. The third-order valence-corrected chi connectivity index (χ3v) is 3.76. The monoisotopic (exact) mass is 284 g/mol. The van der Waals surface area contributed by atoms with Crippen LogP contribution in [0.3, 0.4) is 0 Å². The average Bonchev–Trinajstić information content (AvgIpc) is 2.95. The third kappa shape index (κ3) is 2.83. The fourth-order valence-corrected chi connectivity index (χ4v) is 2.63. The van der Waals surface area contributed by atoms with Crippen molar-refractivity contribution in [1.82, 2.24) is 15.1 Å². The lowest BCUT2D eigenvalue weighted by molar-refractivity contribution is 0.102. The molecule has 2 heterocycles. The number of amides is 1. The van der Waals surface area contributed by atoms with E-state index < -0.39 is 0 Å². The minimum absolute atomic E-state index is 0.0919. The molecule has 1 aliphatic rings. The molecule has 5 heteroatoms. The van der Waals surface area contributed by atoms with Crippen molar-refractivity contribution in [3.05, 3.63) is 47.2 Å². The van der Waals surface area contributed by atoms with Crippen molar-refractivity contribution in [2.75, 3.05) is 11.9 Å². The van der Waals surface area contributed by atoms with Gasteiger partial charge < -0.3 is 10.6 Å². The van der Waals surface area contributed by atoms with Crippen LogP contribution in [0.4, 0.5) is 5.82 Å². The number of hydrogen-bond donors (Lipinski definition) is 2. The Kier molecular flexibility index (Phi) is 3.75. The lowest BCUT2D eigenvalue weighted by Gasteiger charge is -2.18. The summed E-state index contributed by atoms with van der Waals surface area (Å²) < 4.78 is 1.80. The number of anilines is 1. The molecule has 0 bridgehead atoms. The van der Waals surface area contributed by atoms with Gasteiger partial charge in [0.05, 0.1) is 6.20 Å². The van der Waals surface area contributed by atoms with Crippen molar-refractivity contribution in [1.29, 1.82) is 0 Å². The fourth-order valence-electron chi connectivity index (χ4n) is 2.63. The first-order valence-corrected chi connectivity index (χ1v) is 7.32. The van der Waals surface area contributed by atoms with Crippen molar-refractivity contribution >= 4 is 11.7 Å². The molecule has 0 radical (unpaired) electrons. The first-order chi connectivity index (χ1) is 10.1. The molecule has 1 amide bonds. The van der Waals surface area contributed by atoms with E-state index in [1.165, 1.54) is 11.1 Å². The lowest BCUT2D eigenvalue weighted by Crippen LogP contribution is -2.24. The summed E-state index contributed by atoms with van der Waals surface area (Å²) in [6, 6.07) is 7.97. The second kappa shape index (κ2) is 5.69. The van der Waals surface area contributed by atoms with Crippen LogP contribution >= 0.6 is 0 Å². The molecular weight excluding hydrogens is 264 g/mol. The Morgan fingerprint density at radius 1 is 1.33 bits per heavy atom. The fraction of sp³-hybridized carbons (Fsp3) is 0.375. The van der Waals surface area contributed by atoms with Crippen LogP contribution in [0.5, 0.6) is 0 Å². The van der Waals surface area contributed by atoms with Crippen molar-refractivity contribution in [2.45, 2.75) is 32.9 Å². The topological polar surface area (TPSA) is 59.0 Å². The maximum absolute atomic E-state index is 12.4. The van der Waals surface area contributed by atoms with Gasteiger partial charge in [-0.3, -0.25) is 4.79 Å². The van der Waals surface area contributed by atoms with Crippen LogP contribution in [-0.2, 0) is 13.0 Å². The second-order valence-electron chi connectivity index (χ2n) is 5.62. The Labute approximate surface area is 124 Å². The standard InChI is InChI=1S/C16H20N4O/c1-11(2)20-15(6-8-18-20)19-16(21)13-4-3-12-5-7-17-10-14(12)9-13/h3-4,6,8-9,11,17H,5,7,10H2,1-2H3,(H,19,21). The van der Waals surface area contributed by atoms with Crippen LogP contribution in [0.1, 0.15) is 41.4 Å². The number of hydrogen-bond acceptors (Lipinski definition) is 3. The third-order valence-electron chi connectivity index (χ3n) is 3.76. The van der Waals surface area contributed by atoms with E-state index in [4.69, 9.17) is 0 Å². The molecule has 2 aromatic rings. The number of benzene rings is 1. The van der Waals surface area contributed by atoms with Gasteiger partial charge in [0.2, 0.25) is 0 Å². The van der Waals surface area contributed by atoms with E-state index in [2.05, 4.69) is 21.8 Å². The smallest absolute Gasteiger partial charge is 0.256 e. The first kappa shape index (κ1) is 13.8. The van der Waals surface area contributed by atoms with Gasteiger partial charge in [0.1, 0.15) is 5.82 Å². The van der Waals surface area contributed by atoms with Gasteiger partial charge in [-0.05, 0) is 50.1 Å². The van der Waals surface area contributed by atoms with Gasteiger partial charge in [-0.25, -0.2) is 4.68 Å². The van der Waals surface area contributed by atoms with Crippen LogP contribution in [0.15, 0.2) is 30.5 Å². The molecule has 0 unspecified atom stereocenters. The normalized spacial score (nSPS) is 14.0. The van der Waals surface area contributed by atoms with Crippen LogP contribution in [0.2, 0.25) is 0 Å². The van der Waals surface area contributed by atoms with E-state index >= 15 is 0 Å². The summed E-state index contributed by atoms with van der Waals surface area (Å²) in [4.78, 5) is 12.4. The Balaban J connectivity index is 1.80. The number of nitrogens with one attached hydrogen (secondary N) is 2. The molecule has 110 valence electrons. The predicted molar refractivity (Wildman–Crippen MR) is 82.4 cm³/mol. The SMILES string of the molecule is CC(C)n1nccc1NC(=O)c1ccc2c(c1)CNCC2. The summed E-state index contributed by atoms with van der Waals surface area (Å²) in [5, 5.41) is 10.5. The molecule has 2 N–H and O–H groups in total. The van der Waals surface area contributed by atoms with Gasteiger partial charge in [0.15, 0.2) is 0 Å². The minimum atomic E-state index is -0.0919. The molecule has 5 nitrogen and oxygen atoms in total. The Bertz CT molecular complexity index is 660. The van der Waals surface area contributed by atoms with Gasteiger partial charge >= 0.3 is 0 Å². The molecule has 0 atom stereocenters. The Morgan fingerprint density at radius 3 is 3.00 bits per heavy atom. The first-order valence-electron chi connectivity index (χ1n) is 7.32. The van der Waals surface area contributed by atoms with Crippen molar-refractivity contribution in [3.63, 3.8) is 0 Å². The number of carbonyl (C=O) groups excluding carboxylic acids is 1. The average molecular weight is 284 g/mol. The maximum atomic E-state index is 12.4. The summed E-state index contributed by atoms with van der Waals surface area (Å²) in [6.07, 6.45) is 2.73. The Hall–Kier alpha value is -2.14. The Morgan fingerprint density at radius 2 is 2.19 bits per heavy atom. The molecule has 0 saturated carbocycles. The molecule has 1 aliphatic heterocycles. The van der Waals surface area contributed by atoms with E-state index in [1.807, 2.05) is 32.0 Å². The van der Waals surface area contributed by atoms with Crippen LogP contribution in [0.25, 0.3) is 0 Å². The lowest BCUT2D eigenvalue weighted by atomic mass is 9.98. The molecule has 0 fully saturated rings. The summed E-state index contributed by atoms with van der Waals surface area (Å²) in [7, 11) is 0. The van der Waals surface area contributed by atoms with Gasteiger partial charge in [0, 0.05) is 24.2 Å². The molecule has 21 heavy (non-hydrogen) atoms. The second-order valence-corrected chi connectivity index (χ2v) is 5.62. The highest BCUT2D eigenvalue weighted by Gasteiger charge is 2.14. The van der Waals surface area contributed by atoms with E-state index in [9.17, 15) is 4.79 Å². The zero-order chi connectivity index (χ0) is 14.8. The van der Waals surface area contributed by atoms with Crippen LogP contribution in [0, 0.1) is 0 Å². The summed E-state index contributed by atoms with van der Waals surface area (Å²) in [6.45, 7) is 5.91. The van der Waals surface area contributed by atoms with Gasteiger partial charge in [0.25, 0.3) is 5.91 Å². The molecule has 0 aliphatic carbocycles. The number of carbonyl (C=O) groups is 1. The zero-order valence-electron chi connectivity index (χ0n) is 12.4. The molecule has 3 rings (SSSR count). The number of nitrogens with zero attached hydrogens (tertiary/aromatic N) is 2. The number of fused-ring (bicyclic) bond motifs is 1. The van der Waals surface area contributed by atoms with Gasteiger partial charge in [-0.1, -0.05) is 6.07 Å². The van der Waals surface area contributed by atoms with E-state index in [0.29, 0.717) is 5.56 Å². The summed E-state index contributed by atoms with van der Waals surface area (Å²) in [5.74, 6) is 0.636. The molecular formula is C16H20N4O. The predicted octanol–water partition coefficient (Wildman–Crippen LogP) is 2.36. The molecule has 1 aromatic carbocycles. The minimum Gasteiger partial charge on any atom is -0.312 e. The molecule has 0 spiro atoms. The highest BCUT2D eigenvalue weighted by molar-refractivity contribution is 6.04. The van der Waals surface area contributed by atoms with E-state index in [-0.39, 0.29) is 11.9 Å². The maximum Gasteiger partial charge on any atom is 0.256 e.